The fraction of sp³-hybridized carbons (Fsp3) is 0.417. The van der Waals surface area contributed by atoms with E-state index in [0.29, 0.717) is 6.54 Å². The molecule has 2 rings (SSSR count). The lowest BCUT2D eigenvalue weighted by Crippen LogP contribution is -2.33. The van der Waals surface area contributed by atoms with Crippen molar-refractivity contribution in [2.45, 2.75) is 12.5 Å². The zero-order chi connectivity index (χ0) is 12.3. The molecule has 1 saturated heterocycles. The van der Waals surface area contributed by atoms with Crippen molar-refractivity contribution in [1.82, 2.24) is 4.90 Å². The maximum atomic E-state index is 11.8. The van der Waals surface area contributed by atoms with Gasteiger partial charge in [-0.3, -0.25) is 9.69 Å². The van der Waals surface area contributed by atoms with E-state index >= 15 is 0 Å². The molecule has 0 radical (unpaired) electrons. The number of rotatable bonds is 3. The van der Waals surface area contributed by atoms with Crippen LogP contribution in [-0.4, -0.2) is 36.5 Å². The van der Waals surface area contributed by atoms with Gasteiger partial charge in [-0.1, -0.05) is 12.1 Å². The predicted molar refractivity (Wildman–Crippen MR) is 84.1 cm³/mol. The maximum absolute atomic E-state index is 11.8. The normalized spacial score (nSPS) is 19.3. The largest absolute Gasteiger partial charge is 0.326 e. The van der Waals surface area contributed by atoms with Crippen molar-refractivity contribution in [3.8, 4) is 0 Å². The van der Waals surface area contributed by atoms with Crippen molar-refractivity contribution in [3.63, 3.8) is 0 Å². The standard InChI is InChI=1S/C12H16IN3O.ClH/c13-10-3-1-2-4-11(10)15-12(17)8-16-6-5-9(14)7-16;/h1-4,9H,5-8,14H2,(H,15,17);1H/t9-;/m0./s1. The van der Waals surface area contributed by atoms with Crippen molar-refractivity contribution < 1.29 is 4.79 Å². The number of likely N-dealkylation sites (tertiary alicyclic amines) is 1. The molecule has 0 saturated carbocycles. The molecule has 0 aliphatic carbocycles. The summed E-state index contributed by atoms with van der Waals surface area (Å²) < 4.78 is 1.05. The Labute approximate surface area is 127 Å². The number of nitrogens with one attached hydrogen (secondary N) is 1. The van der Waals surface area contributed by atoms with Crippen molar-refractivity contribution >= 4 is 46.6 Å². The highest BCUT2D eigenvalue weighted by Gasteiger charge is 2.21. The van der Waals surface area contributed by atoms with Crippen LogP contribution in [0.25, 0.3) is 0 Å². The van der Waals surface area contributed by atoms with Gasteiger partial charge in [-0.25, -0.2) is 0 Å². The summed E-state index contributed by atoms with van der Waals surface area (Å²) in [6.45, 7) is 2.17. The van der Waals surface area contributed by atoms with Crippen molar-refractivity contribution in [2.24, 2.45) is 5.73 Å². The molecule has 1 aliphatic heterocycles. The van der Waals surface area contributed by atoms with Gasteiger partial charge in [-0.15, -0.1) is 12.4 Å². The van der Waals surface area contributed by atoms with Gasteiger partial charge in [0.05, 0.1) is 12.2 Å². The molecule has 1 amide bonds. The minimum absolute atomic E-state index is 0. The van der Waals surface area contributed by atoms with Gasteiger partial charge in [0.2, 0.25) is 5.91 Å². The molecule has 3 N–H and O–H groups in total. The lowest BCUT2D eigenvalue weighted by Gasteiger charge is -2.15. The zero-order valence-electron chi connectivity index (χ0n) is 9.93. The van der Waals surface area contributed by atoms with Crippen LogP contribution in [0.2, 0.25) is 0 Å². The van der Waals surface area contributed by atoms with Crippen LogP contribution in [0.5, 0.6) is 0 Å². The van der Waals surface area contributed by atoms with Crippen molar-refractivity contribution in [1.29, 1.82) is 0 Å². The van der Waals surface area contributed by atoms with E-state index in [1.807, 2.05) is 24.3 Å². The summed E-state index contributed by atoms with van der Waals surface area (Å²) in [6.07, 6.45) is 0.982. The molecule has 18 heavy (non-hydrogen) atoms. The van der Waals surface area contributed by atoms with E-state index in [1.54, 1.807) is 0 Å². The quantitative estimate of drug-likeness (QED) is 0.783. The average molecular weight is 382 g/mol. The monoisotopic (exact) mass is 381 g/mol. The first-order valence-electron chi connectivity index (χ1n) is 5.67. The highest BCUT2D eigenvalue weighted by molar-refractivity contribution is 14.1. The third-order valence-electron chi connectivity index (χ3n) is 2.82. The summed E-state index contributed by atoms with van der Waals surface area (Å²) in [7, 11) is 0. The Hall–Kier alpha value is -0.370. The van der Waals surface area contributed by atoms with E-state index < -0.39 is 0 Å². The van der Waals surface area contributed by atoms with Crippen LogP contribution in [0.1, 0.15) is 6.42 Å². The van der Waals surface area contributed by atoms with E-state index in [-0.39, 0.29) is 24.4 Å². The van der Waals surface area contributed by atoms with Gasteiger partial charge in [0.25, 0.3) is 0 Å². The van der Waals surface area contributed by atoms with E-state index in [1.165, 1.54) is 0 Å². The third-order valence-corrected chi connectivity index (χ3v) is 3.76. The van der Waals surface area contributed by atoms with Gasteiger partial charge in [-0.05, 0) is 41.1 Å². The molecule has 0 spiro atoms. The minimum atomic E-state index is 0. The molecule has 1 aliphatic rings. The average Bonchev–Trinajstić information content (AvgIpc) is 2.67. The number of amides is 1. The fourth-order valence-corrected chi connectivity index (χ4v) is 2.48. The first kappa shape index (κ1) is 15.7. The molecule has 1 fully saturated rings. The molecular weight excluding hydrogens is 365 g/mol. The van der Waals surface area contributed by atoms with E-state index in [0.717, 1.165) is 28.8 Å². The molecular formula is C12H17ClIN3O. The highest BCUT2D eigenvalue weighted by Crippen LogP contribution is 2.17. The molecule has 0 aromatic heterocycles. The second kappa shape index (κ2) is 7.28. The van der Waals surface area contributed by atoms with Gasteiger partial charge in [0.1, 0.15) is 0 Å². The SMILES string of the molecule is Cl.N[C@H]1CCN(CC(=O)Nc2ccccc2I)C1. The summed E-state index contributed by atoms with van der Waals surface area (Å²) in [5.74, 6) is 0.0308. The number of nitrogens with zero attached hydrogens (tertiary/aromatic N) is 1. The fourth-order valence-electron chi connectivity index (χ4n) is 1.96. The van der Waals surface area contributed by atoms with E-state index in [9.17, 15) is 4.79 Å². The number of para-hydroxylation sites is 1. The summed E-state index contributed by atoms with van der Waals surface area (Å²) in [5.41, 5.74) is 6.68. The topological polar surface area (TPSA) is 58.4 Å². The second-order valence-electron chi connectivity index (χ2n) is 4.31. The maximum Gasteiger partial charge on any atom is 0.238 e. The van der Waals surface area contributed by atoms with Crippen LogP contribution >= 0.6 is 35.0 Å². The highest BCUT2D eigenvalue weighted by atomic mass is 127. The molecule has 4 nitrogen and oxygen atoms in total. The predicted octanol–water partition coefficient (Wildman–Crippen LogP) is 1.68. The lowest BCUT2D eigenvalue weighted by atomic mass is 10.3. The van der Waals surface area contributed by atoms with Crippen LogP contribution in [0.4, 0.5) is 5.69 Å². The zero-order valence-corrected chi connectivity index (χ0v) is 12.9. The van der Waals surface area contributed by atoms with Gasteiger partial charge in [0, 0.05) is 22.7 Å². The Kier molecular flexibility index (Phi) is 6.34. The molecule has 1 aromatic rings. The molecule has 6 heteroatoms. The van der Waals surface area contributed by atoms with Gasteiger partial charge < -0.3 is 11.1 Å². The molecule has 0 bridgehead atoms. The van der Waals surface area contributed by atoms with Crippen LogP contribution in [0, 0.1) is 3.57 Å². The Morgan fingerprint density at radius 3 is 2.83 bits per heavy atom. The number of nitrogens with two attached hydrogens (primary N) is 1. The first-order chi connectivity index (χ1) is 8.15. The van der Waals surface area contributed by atoms with Crippen LogP contribution < -0.4 is 11.1 Å². The first-order valence-corrected chi connectivity index (χ1v) is 6.75. The van der Waals surface area contributed by atoms with Crippen LogP contribution in [0.15, 0.2) is 24.3 Å². The van der Waals surface area contributed by atoms with Crippen molar-refractivity contribution in [2.75, 3.05) is 25.0 Å². The third kappa shape index (κ3) is 4.38. The summed E-state index contributed by atoms with van der Waals surface area (Å²) in [4.78, 5) is 13.9. The summed E-state index contributed by atoms with van der Waals surface area (Å²) in [5, 5.41) is 2.92. The second-order valence-corrected chi connectivity index (χ2v) is 5.47. The Balaban J connectivity index is 0.00000162. The smallest absolute Gasteiger partial charge is 0.238 e. The van der Waals surface area contributed by atoms with Gasteiger partial charge in [-0.2, -0.15) is 0 Å². The number of carbonyl (C=O) groups is 1. The van der Waals surface area contributed by atoms with Crippen LogP contribution in [0.3, 0.4) is 0 Å². The number of benzene rings is 1. The van der Waals surface area contributed by atoms with E-state index in [2.05, 4.69) is 32.8 Å². The molecule has 1 aromatic carbocycles. The molecule has 1 heterocycles. The van der Waals surface area contributed by atoms with Gasteiger partial charge in [0.15, 0.2) is 0 Å². The molecule has 1 atom stereocenters. The number of hydrogen-bond donors (Lipinski definition) is 2. The van der Waals surface area contributed by atoms with Gasteiger partial charge >= 0.3 is 0 Å². The number of halogens is 2. The number of anilines is 1. The summed E-state index contributed by atoms with van der Waals surface area (Å²) in [6, 6.07) is 7.98. The Bertz CT molecular complexity index is 416. The Morgan fingerprint density at radius 1 is 1.50 bits per heavy atom. The molecule has 100 valence electrons. The lowest BCUT2D eigenvalue weighted by molar-refractivity contribution is -0.117. The minimum Gasteiger partial charge on any atom is -0.326 e. The Morgan fingerprint density at radius 2 is 2.22 bits per heavy atom. The van der Waals surface area contributed by atoms with Crippen LogP contribution in [-0.2, 0) is 4.79 Å². The number of hydrogen-bond acceptors (Lipinski definition) is 3. The summed E-state index contributed by atoms with van der Waals surface area (Å²) >= 11 is 2.21. The number of carbonyl (C=O) groups excluding carboxylic acids is 1. The van der Waals surface area contributed by atoms with E-state index in [4.69, 9.17) is 5.73 Å². The van der Waals surface area contributed by atoms with Crippen molar-refractivity contribution in [3.05, 3.63) is 27.8 Å². The molecule has 0 unspecified atom stereocenters.